The first-order chi connectivity index (χ1) is 13.6. The first kappa shape index (κ1) is 26.4. The third kappa shape index (κ3) is 20.7. The predicted molar refractivity (Wildman–Crippen MR) is 113 cm³/mol. The van der Waals surface area contributed by atoms with Crippen LogP contribution in [0.3, 0.4) is 0 Å². The first-order valence-corrected chi connectivity index (χ1v) is 10.8. The Morgan fingerprint density at radius 3 is 1.96 bits per heavy atom. The van der Waals surface area contributed by atoms with Crippen molar-refractivity contribution < 1.29 is 24.2 Å². The summed E-state index contributed by atoms with van der Waals surface area (Å²) in [6.45, 7) is 3.22. The highest BCUT2D eigenvalue weighted by Crippen LogP contribution is 2.09. The van der Waals surface area contributed by atoms with Gasteiger partial charge in [0.05, 0.1) is 0 Å². The highest BCUT2D eigenvalue weighted by atomic mass is 16.6. The van der Waals surface area contributed by atoms with Crippen LogP contribution in [0.25, 0.3) is 0 Å². The zero-order valence-corrected chi connectivity index (χ0v) is 17.9. The molecule has 1 N–H and O–H groups in total. The van der Waals surface area contributed by atoms with E-state index in [0.29, 0.717) is 6.42 Å². The van der Waals surface area contributed by atoms with E-state index in [4.69, 9.17) is 4.74 Å². The van der Waals surface area contributed by atoms with Gasteiger partial charge in [-0.15, -0.1) is 0 Å². The van der Waals surface area contributed by atoms with Crippen molar-refractivity contribution in [1.82, 2.24) is 0 Å². The number of hydrogen-bond acceptors (Lipinski definition) is 5. The Morgan fingerprint density at radius 1 is 0.821 bits per heavy atom. The van der Waals surface area contributed by atoms with Gasteiger partial charge in [-0.05, 0) is 32.1 Å². The van der Waals surface area contributed by atoms with Gasteiger partial charge in [-0.1, -0.05) is 69.8 Å². The first-order valence-electron chi connectivity index (χ1n) is 10.8. The summed E-state index contributed by atoms with van der Waals surface area (Å²) >= 11 is 0. The quantitative estimate of drug-likeness (QED) is 0.194. The molecule has 0 aliphatic heterocycles. The SMILES string of the molecule is CCCCCC/C=C/C=C\CCCCCCCC(=O)OCC(O)COC(C)=O. The highest BCUT2D eigenvalue weighted by molar-refractivity contribution is 5.69. The maximum Gasteiger partial charge on any atom is 0.305 e. The number of unbranched alkanes of at least 4 members (excludes halogenated alkanes) is 9. The van der Waals surface area contributed by atoms with Crippen molar-refractivity contribution in [3.63, 3.8) is 0 Å². The minimum Gasteiger partial charge on any atom is -0.463 e. The van der Waals surface area contributed by atoms with E-state index < -0.39 is 12.1 Å². The normalized spacial score (nSPS) is 12.5. The van der Waals surface area contributed by atoms with Gasteiger partial charge in [0.2, 0.25) is 0 Å². The minimum absolute atomic E-state index is 0.133. The van der Waals surface area contributed by atoms with Gasteiger partial charge in [-0.2, -0.15) is 0 Å². The summed E-state index contributed by atoms with van der Waals surface area (Å²) in [7, 11) is 0. The van der Waals surface area contributed by atoms with E-state index in [0.717, 1.165) is 25.7 Å². The number of ether oxygens (including phenoxy) is 2. The Kier molecular flexibility index (Phi) is 19.0. The van der Waals surface area contributed by atoms with Crippen molar-refractivity contribution in [2.24, 2.45) is 0 Å². The summed E-state index contributed by atoms with van der Waals surface area (Å²) < 4.78 is 9.60. The summed E-state index contributed by atoms with van der Waals surface area (Å²) in [4.78, 5) is 22.2. The number of carbonyl (C=O) groups excluding carboxylic acids is 2. The maximum absolute atomic E-state index is 11.6. The number of hydrogen-bond donors (Lipinski definition) is 1. The third-order valence-electron chi connectivity index (χ3n) is 4.28. The number of aliphatic hydroxyl groups is 1. The van der Waals surface area contributed by atoms with Crippen LogP contribution in [0.1, 0.15) is 90.9 Å². The topological polar surface area (TPSA) is 72.8 Å². The largest absolute Gasteiger partial charge is 0.463 e. The molecule has 0 saturated carbocycles. The standard InChI is InChI=1S/C23H40O5/c1-3-4-5-6-7-8-9-10-11-12-13-14-15-16-17-18-23(26)28-20-22(25)19-27-21(2)24/h8-11,22,25H,3-7,12-20H2,1-2H3/b9-8+,11-10-. The molecular formula is C23H40O5. The lowest BCUT2D eigenvalue weighted by Gasteiger charge is -2.11. The molecule has 5 heteroatoms. The van der Waals surface area contributed by atoms with Crippen molar-refractivity contribution in [3.05, 3.63) is 24.3 Å². The molecule has 1 atom stereocenters. The van der Waals surface area contributed by atoms with Crippen LogP contribution in [-0.4, -0.2) is 36.4 Å². The zero-order chi connectivity index (χ0) is 20.9. The van der Waals surface area contributed by atoms with Gasteiger partial charge in [0.1, 0.15) is 19.3 Å². The van der Waals surface area contributed by atoms with Crippen molar-refractivity contribution in [2.75, 3.05) is 13.2 Å². The number of aliphatic hydroxyl groups excluding tert-OH is 1. The smallest absolute Gasteiger partial charge is 0.305 e. The molecule has 0 radical (unpaired) electrons. The Morgan fingerprint density at radius 2 is 1.36 bits per heavy atom. The van der Waals surface area contributed by atoms with Crippen molar-refractivity contribution >= 4 is 11.9 Å². The molecule has 0 amide bonds. The molecule has 0 aromatic carbocycles. The molecule has 0 heterocycles. The molecule has 1 unspecified atom stereocenters. The van der Waals surface area contributed by atoms with Gasteiger partial charge in [-0.3, -0.25) is 9.59 Å². The van der Waals surface area contributed by atoms with Crippen LogP contribution in [0.4, 0.5) is 0 Å². The number of carbonyl (C=O) groups is 2. The van der Waals surface area contributed by atoms with Gasteiger partial charge in [-0.25, -0.2) is 0 Å². The molecule has 28 heavy (non-hydrogen) atoms. The van der Waals surface area contributed by atoms with Crippen LogP contribution in [0.15, 0.2) is 24.3 Å². The second-order valence-electron chi connectivity index (χ2n) is 7.15. The van der Waals surface area contributed by atoms with E-state index in [1.54, 1.807) is 0 Å². The number of allylic oxidation sites excluding steroid dienone is 4. The van der Waals surface area contributed by atoms with Crippen molar-refractivity contribution in [1.29, 1.82) is 0 Å². The summed E-state index contributed by atoms with van der Waals surface area (Å²) in [5, 5.41) is 9.49. The number of rotatable bonds is 18. The lowest BCUT2D eigenvalue weighted by atomic mass is 10.1. The van der Waals surface area contributed by atoms with Gasteiger partial charge in [0.25, 0.3) is 0 Å². The van der Waals surface area contributed by atoms with Crippen LogP contribution in [0, 0.1) is 0 Å². The monoisotopic (exact) mass is 396 g/mol. The van der Waals surface area contributed by atoms with Crippen LogP contribution in [-0.2, 0) is 19.1 Å². The third-order valence-corrected chi connectivity index (χ3v) is 4.28. The van der Waals surface area contributed by atoms with Crippen LogP contribution >= 0.6 is 0 Å². The maximum atomic E-state index is 11.6. The molecular weight excluding hydrogens is 356 g/mol. The summed E-state index contributed by atoms with van der Waals surface area (Å²) in [6.07, 6.45) is 21.0. The van der Waals surface area contributed by atoms with Gasteiger partial charge >= 0.3 is 11.9 Å². The molecule has 0 aromatic rings. The minimum atomic E-state index is -0.961. The zero-order valence-electron chi connectivity index (χ0n) is 17.9. The van der Waals surface area contributed by atoms with E-state index in [9.17, 15) is 14.7 Å². The van der Waals surface area contributed by atoms with Gasteiger partial charge < -0.3 is 14.6 Å². The van der Waals surface area contributed by atoms with Crippen molar-refractivity contribution in [3.8, 4) is 0 Å². The molecule has 162 valence electrons. The summed E-state index contributed by atoms with van der Waals surface area (Å²) in [5.41, 5.74) is 0. The Labute approximate surface area is 171 Å². The van der Waals surface area contributed by atoms with Crippen LogP contribution in [0.5, 0.6) is 0 Å². The average molecular weight is 397 g/mol. The van der Waals surface area contributed by atoms with Crippen LogP contribution < -0.4 is 0 Å². The Hall–Kier alpha value is -1.62. The summed E-state index contributed by atoms with van der Waals surface area (Å²) in [5.74, 6) is -0.776. The predicted octanol–water partition coefficient (Wildman–Crippen LogP) is 5.27. The molecule has 0 fully saturated rings. The fraction of sp³-hybridized carbons (Fsp3) is 0.739. The van der Waals surface area contributed by atoms with E-state index in [1.165, 1.54) is 51.9 Å². The van der Waals surface area contributed by atoms with Gasteiger partial charge in [0, 0.05) is 13.3 Å². The van der Waals surface area contributed by atoms with Gasteiger partial charge in [0.15, 0.2) is 0 Å². The molecule has 0 aliphatic rings. The number of esters is 2. The van der Waals surface area contributed by atoms with Crippen molar-refractivity contribution in [2.45, 2.75) is 97.0 Å². The molecule has 0 saturated heterocycles. The van der Waals surface area contributed by atoms with E-state index in [-0.39, 0.29) is 19.2 Å². The highest BCUT2D eigenvalue weighted by Gasteiger charge is 2.10. The lowest BCUT2D eigenvalue weighted by Crippen LogP contribution is -2.24. The molecule has 0 bridgehead atoms. The summed E-state index contributed by atoms with van der Waals surface area (Å²) in [6, 6.07) is 0. The van der Waals surface area contributed by atoms with E-state index >= 15 is 0 Å². The second-order valence-corrected chi connectivity index (χ2v) is 7.15. The fourth-order valence-corrected chi connectivity index (χ4v) is 2.62. The fourth-order valence-electron chi connectivity index (χ4n) is 2.62. The molecule has 0 spiro atoms. The van der Waals surface area contributed by atoms with E-state index in [1.807, 2.05) is 0 Å². The Balaban J connectivity index is 3.40. The second kappa shape index (κ2) is 20.1. The van der Waals surface area contributed by atoms with E-state index in [2.05, 4.69) is 36.0 Å². The molecule has 5 nitrogen and oxygen atoms in total. The molecule has 0 aromatic heterocycles. The lowest BCUT2D eigenvalue weighted by molar-refractivity contribution is -0.151. The Bertz CT molecular complexity index is 442. The molecule has 0 aliphatic carbocycles. The van der Waals surface area contributed by atoms with Crippen LogP contribution in [0.2, 0.25) is 0 Å². The molecule has 0 rings (SSSR count). The average Bonchev–Trinajstić information content (AvgIpc) is 2.67.